The van der Waals surface area contributed by atoms with E-state index in [4.69, 9.17) is 0 Å². The number of halogens is 2. The van der Waals surface area contributed by atoms with E-state index in [0.717, 1.165) is 12.1 Å². The van der Waals surface area contributed by atoms with Gasteiger partial charge in [0.2, 0.25) is 0 Å². The van der Waals surface area contributed by atoms with Crippen molar-refractivity contribution in [2.45, 2.75) is 0 Å². The number of rotatable bonds is 4. The van der Waals surface area contributed by atoms with E-state index in [2.05, 4.69) is 15.0 Å². The molecule has 0 fully saturated rings. The lowest BCUT2D eigenvalue weighted by Crippen LogP contribution is -1.99. The second-order valence-corrected chi connectivity index (χ2v) is 5.33. The first-order chi connectivity index (χ1) is 11.1. The maximum absolute atomic E-state index is 13.5. The van der Waals surface area contributed by atoms with Gasteiger partial charge in [-0.2, -0.15) is 0 Å². The summed E-state index contributed by atoms with van der Waals surface area (Å²) in [6.45, 7) is 0. The van der Waals surface area contributed by atoms with Gasteiger partial charge in [0.25, 0.3) is 0 Å². The molecule has 0 spiro atoms. The number of aromatic nitrogens is 3. The highest BCUT2D eigenvalue weighted by molar-refractivity contribution is 7.13. The molecule has 23 heavy (non-hydrogen) atoms. The Balaban J connectivity index is 1.78. The molecule has 7 heteroatoms. The number of hydrogen-bond acceptors (Lipinski definition) is 5. The molecule has 0 bridgehead atoms. The lowest BCUT2D eigenvalue weighted by atomic mass is 10.1. The van der Waals surface area contributed by atoms with E-state index in [-0.39, 0.29) is 5.56 Å². The van der Waals surface area contributed by atoms with Crippen LogP contribution >= 0.6 is 11.3 Å². The van der Waals surface area contributed by atoms with Gasteiger partial charge in [-0.1, -0.05) is 0 Å². The minimum absolute atomic E-state index is 0.190. The number of allylic oxidation sites excluding steroid dienone is 1. The third-order valence-corrected chi connectivity index (χ3v) is 3.74. The summed E-state index contributed by atoms with van der Waals surface area (Å²) in [5.74, 6) is -1.69. The van der Waals surface area contributed by atoms with Crippen LogP contribution in [-0.2, 0) is 0 Å². The summed E-state index contributed by atoms with van der Waals surface area (Å²) in [5, 5.41) is 2.35. The van der Waals surface area contributed by atoms with Crippen LogP contribution in [0.15, 0.2) is 48.1 Å². The van der Waals surface area contributed by atoms with Gasteiger partial charge in [0.15, 0.2) is 16.6 Å². The van der Waals surface area contributed by atoms with E-state index < -0.39 is 17.4 Å². The van der Waals surface area contributed by atoms with Crippen molar-refractivity contribution in [1.82, 2.24) is 15.0 Å². The van der Waals surface area contributed by atoms with Gasteiger partial charge in [0.1, 0.15) is 11.6 Å². The monoisotopic (exact) mass is 329 g/mol. The summed E-state index contributed by atoms with van der Waals surface area (Å²) in [7, 11) is 0. The topological polar surface area (TPSA) is 55.7 Å². The molecular formula is C16H9F2N3OS. The molecule has 0 radical (unpaired) electrons. The molecule has 0 aliphatic rings. The van der Waals surface area contributed by atoms with Crippen molar-refractivity contribution in [3.05, 3.63) is 71.0 Å². The van der Waals surface area contributed by atoms with Crippen LogP contribution < -0.4 is 0 Å². The lowest BCUT2D eigenvalue weighted by Gasteiger charge is -1.97. The third-order valence-electron chi connectivity index (χ3n) is 2.88. The van der Waals surface area contributed by atoms with E-state index in [1.165, 1.54) is 23.5 Å². The molecule has 0 aliphatic heterocycles. The predicted octanol–water partition coefficient (Wildman–Crippen LogP) is 3.77. The van der Waals surface area contributed by atoms with Crippen molar-refractivity contribution in [3.63, 3.8) is 0 Å². The molecule has 0 saturated carbocycles. The molecule has 0 aliphatic carbocycles. The normalized spacial score (nSPS) is 11.0. The number of carbonyl (C=O) groups is 1. The fraction of sp³-hybridized carbons (Fsp3) is 0. The molecule has 1 aromatic carbocycles. The van der Waals surface area contributed by atoms with Gasteiger partial charge in [-0.3, -0.25) is 4.79 Å². The van der Waals surface area contributed by atoms with Crippen LogP contribution in [0, 0.1) is 11.6 Å². The van der Waals surface area contributed by atoms with E-state index >= 15 is 0 Å². The summed E-state index contributed by atoms with van der Waals surface area (Å²) in [6, 6.07) is 4.53. The highest BCUT2D eigenvalue weighted by atomic mass is 32.1. The predicted molar refractivity (Wildman–Crippen MR) is 82.9 cm³/mol. The molecule has 0 unspecified atom stereocenters. The first-order valence-corrected chi connectivity index (χ1v) is 7.42. The Bertz CT molecular complexity index is 878. The van der Waals surface area contributed by atoms with Gasteiger partial charge in [0.05, 0.1) is 11.3 Å². The fourth-order valence-corrected chi connectivity index (χ4v) is 2.55. The van der Waals surface area contributed by atoms with Gasteiger partial charge in [0, 0.05) is 23.8 Å². The van der Waals surface area contributed by atoms with Crippen molar-refractivity contribution in [1.29, 1.82) is 0 Å². The molecule has 2 aromatic heterocycles. The number of ketones is 1. The van der Waals surface area contributed by atoms with Crippen molar-refractivity contribution in [2.24, 2.45) is 0 Å². The van der Waals surface area contributed by atoms with Crippen LogP contribution in [0.25, 0.3) is 16.9 Å². The highest BCUT2D eigenvalue weighted by Gasteiger charge is 2.10. The summed E-state index contributed by atoms with van der Waals surface area (Å²) in [5.41, 5.74) is 0.345. The number of hydrogen-bond donors (Lipinski definition) is 0. The van der Waals surface area contributed by atoms with Gasteiger partial charge in [-0.25, -0.2) is 23.7 Å². The molecule has 3 rings (SSSR count). The zero-order chi connectivity index (χ0) is 16.2. The Morgan fingerprint density at radius 3 is 2.70 bits per heavy atom. The smallest absolute Gasteiger partial charge is 0.188 e. The molecular weight excluding hydrogens is 320 g/mol. The summed E-state index contributed by atoms with van der Waals surface area (Å²) in [4.78, 5) is 24.4. The van der Waals surface area contributed by atoms with Crippen LogP contribution in [0.2, 0.25) is 0 Å². The fourth-order valence-electron chi connectivity index (χ4n) is 1.82. The van der Waals surface area contributed by atoms with Gasteiger partial charge < -0.3 is 0 Å². The number of nitrogens with zero attached hydrogens (tertiary/aromatic N) is 3. The quantitative estimate of drug-likeness (QED) is 0.540. The number of thiazole rings is 1. The molecule has 3 aromatic rings. The van der Waals surface area contributed by atoms with Crippen molar-refractivity contribution < 1.29 is 13.6 Å². The third kappa shape index (κ3) is 3.51. The van der Waals surface area contributed by atoms with Crippen LogP contribution in [0.4, 0.5) is 8.78 Å². The van der Waals surface area contributed by atoms with E-state index in [0.29, 0.717) is 22.6 Å². The van der Waals surface area contributed by atoms with Crippen LogP contribution in [0.3, 0.4) is 0 Å². The first kappa shape index (κ1) is 15.1. The van der Waals surface area contributed by atoms with Crippen molar-refractivity contribution in [2.75, 3.05) is 0 Å². The maximum Gasteiger partial charge on any atom is 0.188 e. The zero-order valence-electron chi connectivity index (χ0n) is 11.6. The van der Waals surface area contributed by atoms with E-state index in [9.17, 15) is 13.6 Å². The second-order valence-electron chi connectivity index (χ2n) is 4.47. The largest absolute Gasteiger partial charge is 0.289 e. The highest BCUT2D eigenvalue weighted by Crippen LogP contribution is 2.20. The second kappa shape index (κ2) is 6.53. The van der Waals surface area contributed by atoms with Crippen LogP contribution in [0.5, 0.6) is 0 Å². The van der Waals surface area contributed by atoms with E-state index in [1.807, 2.05) is 0 Å². The molecule has 4 nitrogen and oxygen atoms in total. The van der Waals surface area contributed by atoms with Crippen molar-refractivity contribution >= 4 is 23.2 Å². The minimum Gasteiger partial charge on any atom is -0.289 e. The zero-order valence-corrected chi connectivity index (χ0v) is 12.4. The van der Waals surface area contributed by atoms with Crippen LogP contribution in [0.1, 0.15) is 16.1 Å². The maximum atomic E-state index is 13.5. The number of carbonyl (C=O) groups excluding carboxylic acids is 1. The first-order valence-electron chi connectivity index (χ1n) is 6.54. The van der Waals surface area contributed by atoms with Crippen molar-refractivity contribution in [3.8, 4) is 10.8 Å². The van der Waals surface area contributed by atoms with Crippen LogP contribution in [-0.4, -0.2) is 20.7 Å². The molecule has 2 heterocycles. The summed E-state index contributed by atoms with van der Waals surface area (Å²) in [6.07, 6.45) is 5.88. The molecule has 0 N–H and O–H groups in total. The van der Waals surface area contributed by atoms with E-state index in [1.54, 1.807) is 23.8 Å². The Morgan fingerprint density at radius 1 is 1.17 bits per heavy atom. The summed E-state index contributed by atoms with van der Waals surface area (Å²) < 4.78 is 26.4. The SMILES string of the molecule is O=C(C=Cc1csc(-c2ncccn2)n1)c1ccc(F)cc1F. The number of benzene rings is 1. The lowest BCUT2D eigenvalue weighted by molar-refractivity contribution is 0.104. The minimum atomic E-state index is -0.892. The Morgan fingerprint density at radius 2 is 1.96 bits per heavy atom. The van der Waals surface area contributed by atoms with Gasteiger partial charge in [-0.05, 0) is 30.4 Å². The summed E-state index contributed by atoms with van der Waals surface area (Å²) >= 11 is 1.33. The van der Waals surface area contributed by atoms with Gasteiger partial charge in [-0.15, -0.1) is 11.3 Å². The molecule has 0 atom stereocenters. The Kier molecular flexibility index (Phi) is 4.29. The average molecular weight is 329 g/mol. The Hall–Kier alpha value is -2.80. The Labute approximate surface area is 134 Å². The molecule has 0 amide bonds. The standard InChI is InChI=1S/C16H9F2N3OS/c17-10-2-4-12(13(18)8-10)14(22)5-3-11-9-23-16(21-11)15-19-6-1-7-20-15/h1-9H. The average Bonchev–Trinajstić information content (AvgIpc) is 3.02. The molecule has 0 saturated heterocycles. The van der Waals surface area contributed by atoms with Gasteiger partial charge >= 0.3 is 0 Å². The molecule has 114 valence electrons.